The van der Waals surface area contributed by atoms with Gasteiger partial charge in [0, 0.05) is 31.7 Å². The summed E-state index contributed by atoms with van der Waals surface area (Å²) in [6.45, 7) is 0.307. The molecule has 1 aromatic heterocycles. The number of pyridine rings is 1. The van der Waals surface area contributed by atoms with Crippen molar-refractivity contribution in [1.29, 1.82) is 0 Å². The lowest BCUT2D eigenvalue weighted by atomic mass is 10.0. The SMILES string of the molecule is COCCC(NN)c1cnccc1C(F)(F)F. The lowest BCUT2D eigenvalue weighted by molar-refractivity contribution is -0.138. The Hall–Kier alpha value is -1.18. The minimum Gasteiger partial charge on any atom is -0.385 e. The number of hydrogen-bond donors (Lipinski definition) is 2. The van der Waals surface area contributed by atoms with Crippen molar-refractivity contribution in [1.82, 2.24) is 10.4 Å². The molecule has 1 heterocycles. The van der Waals surface area contributed by atoms with Crippen molar-refractivity contribution in [2.24, 2.45) is 5.84 Å². The largest absolute Gasteiger partial charge is 0.416 e. The van der Waals surface area contributed by atoms with Gasteiger partial charge in [0.25, 0.3) is 0 Å². The smallest absolute Gasteiger partial charge is 0.385 e. The second kappa shape index (κ2) is 5.95. The van der Waals surface area contributed by atoms with Crippen molar-refractivity contribution in [2.45, 2.75) is 18.6 Å². The highest BCUT2D eigenvalue weighted by atomic mass is 19.4. The van der Waals surface area contributed by atoms with Crippen molar-refractivity contribution in [2.75, 3.05) is 13.7 Å². The molecule has 0 saturated heterocycles. The maximum Gasteiger partial charge on any atom is 0.416 e. The highest BCUT2D eigenvalue weighted by Gasteiger charge is 2.35. The van der Waals surface area contributed by atoms with E-state index in [1.165, 1.54) is 13.3 Å². The molecular weight excluding hydrogens is 235 g/mol. The average molecular weight is 249 g/mol. The predicted octanol–water partition coefficient (Wildman–Crippen LogP) is 1.64. The fourth-order valence-corrected chi connectivity index (χ4v) is 1.51. The Labute approximate surface area is 96.9 Å². The van der Waals surface area contributed by atoms with Gasteiger partial charge in [-0.3, -0.25) is 16.3 Å². The van der Waals surface area contributed by atoms with E-state index in [1.807, 2.05) is 0 Å². The minimum atomic E-state index is -4.42. The fourth-order valence-electron chi connectivity index (χ4n) is 1.51. The van der Waals surface area contributed by atoms with E-state index in [4.69, 9.17) is 10.6 Å². The van der Waals surface area contributed by atoms with Gasteiger partial charge < -0.3 is 4.74 Å². The first-order valence-corrected chi connectivity index (χ1v) is 4.97. The number of alkyl halides is 3. The molecule has 0 bridgehead atoms. The van der Waals surface area contributed by atoms with Gasteiger partial charge in [0.2, 0.25) is 0 Å². The Bertz CT molecular complexity index is 357. The zero-order valence-corrected chi connectivity index (χ0v) is 9.29. The van der Waals surface area contributed by atoms with E-state index in [9.17, 15) is 13.2 Å². The third-order valence-corrected chi connectivity index (χ3v) is 2.34. The van der Waals surface area contributed by atoms with Crippen LogP contribution in [0.15, 0.2) is 18.5 Å². The zero-order valence-electron chi connectivity index (χ0n) is 9.29. The Kier molecular flexibility index (Phi) is 4.86. The Morgan fingerprint density at radius 3 is 2.76 bits per heavy atom. The second-order valence-corrected chi connectivity index (χ2v) is 3.46. The summed E-state index contributed by atoms with van der Waals surface area (Å²) in [5.74, 6) is 5.26. The maximum atomic E-state index is 12.7. The van der Waals surface area contributed by atoms with Crippen LogP contribution in [0, 0.1) is 0 Å². The molecule has 0 aliphatic rings. The van der Waals surface area contributed by atoms with Crippen LogP contribution in [0.25, 0.3) is 0 Å². The zero-order chi connectivity index (χ0) is 12.9. The van der Waals surface area contributed by atoms with Gasteiger partial charge in [-0.1, -0.05) is 0 Å². The minimum absolute atomic E-state index is 0.0274. The molecule has 0 spiro atoms. The van der Waals surface area contributed by atoms with Gasteiger partial charge in [-0.25, -0.2) is 0 Å². The molecule has 0 aromatic carbocycles. The molecule has 96 valence electrons. The summed E-state index contributed by atoms with van der Waals surface area (Å²) in [6, 6.07) is 0.298. The van der Waals surface area contributed by atoms with Crippen molar-refractivity contribution >= 4 is 0 Å². The molecule has 0 saturated carbocycles. The number of hydrazine groups is 1. The van der Waals surface area contributed by atoms with Crippen LogP contribution in [0.5, 0.6) is 0 Å². The molecule has 0 aliphatic heterocycles. The summed E-state index contributed by atoms with van der Waals surface area (Å²) in [5, 5.41) is 0. The predicted molar refractivity (Wildman–Crippen MR) is 55.8 cm³/mol. The molecular formula is C10H14F3N3O. The Morgan fingerprint density at radius 2 is 2.24 bits per heavy atom. The summed E-state index contributed by atoms with van der Waals surface area (Å²) in [6.07, 6.45) is -1.80. The van der Waals surface area contributed by atoms with Crippen LogP contribution in [0.3, 0.4) is 0 Å². The topological polar surface area (TPSA) is 60.2 Å². The molecule has 0 fully saturated rings. The van der Waals surface area contributed by atoms with E-state index >= 15 is 0 Å². The fraction of sp³-hybridized carbons (Fsp3) is 0.500. The van der Waals surface area contributed by atoms with Gasteiger partial charge >= 0.3 is 6.18 Å². The van der Waals surface area contributed by atoms with E-state index in [0.29, 0.717) is 13.0 Å². The molecule has 1 aromatic rings. The third-order valence-electron chi connectivity index (χ3n) is 2.34. The van der Waals surface area contributed by atoms with E-state index in [2.05, 4.69) is 10.4 Å². The van der Waals surface area contributed by atoms with Gasteiger partial charge in [0.1, 0.15) is 0 Å². The molecule has 0 aliphatic carbocycles. The highest BCUT2D eigenvalue weighted by molar-refractivity contribution is 5.29. The lowest BCUT2D eigenvalue weighted by Crippen LogP contribution is -2.30. The number of rotatable bonds is 5. The van der Waals surface area contributed by atoms with Crippen LogP contribution < -0.4 is 11.3 Å². The monoisotopic (exact) mass is 249 g/mol. The van der Waals surface area contributed by atoms with Crippen LogP contribution in [-0.2, 0) is 10.9 Å². The number of ether oxygens (including phenoxy) is 1. The number of aromatic nitrogens is 1. The standard InChI is InChI=1S/C10H14F3N3O/c1-17-5-3-9(16-14)7-6-15-4-2-8(7)10(11,12)13/h2,4,6,9,16H,3,5,14H2,1H3. The highest BCUT2D eigenvalue weighted by Crippen LogP contribution is 2.34. The van der Waals surface area contributed by atoms with Crippen molar-refractivity contribution in [3.05, 3.63) is 29.6 Å². The number of nitrogens with one attached hydrogen (secondary N) is 1. The Balaban J connectivity index is 3.02. The molecule has 0 radical (unpaired) electrons. The molecule has 3 N–H and O–H groups in total. The first kappa shape index (κ1) is 13.9. The normalized spacial score (nSPS) is 13.7. The first-order chi connectivity index (χ1) is 8.00. The summed E-state index contributed by atoms with van der Waals surface area (Å²) in [7, 11) is 1.47. The summed E-state index contributed by atoms with van der Waals surface area (Å²) < 4.78 is 43.0. The number of nitrogens with zero attached hydrogens (tertiary/aromatic N) is 1. The van der Waals surface area contributed by atoms with E-state index in [1.54, 1.807) is 0 Å². The van der Waals surface area contributed by atoms with E-state index in [-0.39, 0.29) is 5.56 Å². The van der Waals surface area contributed by atoms with Crippen molar-refractivity contribution < 1.29 is 17.9 Å². The first-order valence-electron chi connectivity index (χ1n) is 4.97. The average Bonchev–Trinajstić information content (AvgIpc) is 2.29. The van der Waals surface area contributed by atoms with Crippen molar-refractivity contribution in [3.8, 4) is 0 Å². The number of nitrogens with two attached hydrogens (primary N) is 1. The summed E-state index contributed by atoms with van der Waals surface area (Å²) in [5.41, 5.74) is 1.64. The van der Waals surface area contributed by atoms with Crippen LogP contribution in [0.4, 0.5) is 13.2 Å². The lowest BCUT2D eigenvalue weighted by Gasteiger charge is -2.20. The van der Waals surface area contributed by atoms with Crippen LogP contribution in [0.1, 0.15) is 23.6 Å². The number of halogens is 3. The molecule has 17 heavy (non-hydrogen) atoms. The molecule has 4 nitrogen and oxygen atoms in total. The van der Waals surface area contributed by atoms with Crippen LogP contribution >= 0.6 is 0 Å². The van der Waals surface area contributed by atoms with Crippen LogP contribution in [0.2, 0.25) is 0 Å². The van der Waals surface area contributed by atoms with Crippen LogP contribution in [-0.4, -0.2) is 18.7 Å². The molecule has 0 amide bonds. The van der Waals surface area contributed by atoms with Gasteiger partial charge in [-0.05, 0) is 12.5 Å². The molecule has 7 heteroatoms. The van der Waals surface area contributed by atoms with Gasteiger partial charge in [0.05, 0.1) is 11.6 Å². The van der Waals surface area contributed by atoms with E-state index < -0.39 is 17.8 Å². The Morgan fingerprint density at radius 1 is 1.53 bits per heavy atom. The van der Waals surface area contributed by atoms with Gasteiger partial charge in [-0.2, -0.15) is 13.2 Å². The third kappa shape index (κ3) is 3.65. The van der Waals surface area contributed by atoms with E-state index in [0.717, 1.165) is 12.3 Å². The maximum absolute atomic E-state index is 12.7. The van der Waals surface area contributed by atoms with Crippen molar-refractivity contribution in [3.63, 3.8) is 0 Å². The molecule has 1 rings (SSSR count). The summed E-state index contributed by atoms with van der Waals surface area (Å²) >= 11 is 0. The second-order valence-electron chi connectivity index (χ2n) is 3.46. The van der Waals surface area contributed by atoms with Gasteiger partial charge in [-0.15, -0.1) is 0 Å². The number of hydrogen-bond acceptors (Lipinski definition) is 4. The molecule has 1 atom stereocenters. The quantitative estimate of drug-likeness (QED) is 0.615. The summed E-state index contributed by atoms with van der Waals surface area (Å²) in [4.78, 5) is 3.70. The number of methoxy groups -OCH3 is 1. The van der Waals surface area contributed by atoms with Gasteiger partial charge in [0.15, 0.2) is 0 Å². The molecule has 1 unspecified atom stereocenters.